The van der Waals surface area contributed by atoms with Gasteiger partial charge in [-0.05, 0) is 55.3 Å². The molecule has 3 rings (SSSR count). The minimum absolute atomic E-state index is 0.00371. The average molecular weight is 459 g/mol. The van der Waals surface area contributed by atoms with Crippen LogP contribution in [0.4, 0.5) is 5.69 Å². The third-order valence-corrected chi connectivity index (χ3v) is 7.14. The van der Waals surface area contributed by atoms with Crippen LogP contribution in [0.5, 0.6) is 0 Å². The van der Waals surface area contributed by atoms with Crippen LogP contribution in [-0.2, 0) is 14.8 Å². The molecule has 0 radical (unpaired) electrons. The number of anilines is 1. The lowest BCUT2D eigenvalue weighted by molar-refractivity contribution is -0.117. The number of carbonyl (C=O) groups is 3. The molecule has 0 aliphatic heterocycles. The number of amides is 3. The van der Waals surface area contributed by atoms with E-state index in [1.165, 1.54) is 40.7 Å². The van der Waals surface area contributed by atoms with Crippen LogP contribution in [0.3, 0.4) is 0 Å². The van der Waals surface area contributed by atoms with Gasteiger partial charge in [0.25, 0.3) is 11.8 Å². The summed E-state index contributed by atoms with van der Waals surface area (Å²) in [5.74, 6) is -1.15. The van der Waals surface area contributed by atoms with Crippen LogP contribution in [0, 0.1) is 5.92 Å². The van der Waals surface area contributed by atoms with Crippen LogP contribution in [0.1, 0.15) is 47.4 Å². The Labute approximate surface area is 187 Å². The molecule has 1 aliphatic rings. The molecule has 0 saturated heterocycles. The Balaban J connectivity index is 1.60. The first-order valence-corrected chi connectivity index (χ1v) is 11.8. The molecule has 0 atom stereocenters. The predicted octanol–water partition coefficient (Wildman–Crippen LogP) is 2.14. The molecule has 10 heteroatoms. The van der Waals surface area contributed by atoms with E-state index in [0.29, 0.717) is 18.8 Å². The fraction of sp³-hybridized carbons (Fsp3) is 0.318. The molecular formula is C22H26N4O5S. The Morgan fingerprint density at radius 3 is 2.06 bits per heavy atom. The van der Waals surface area contributed by atoms with Gasteiger partial charge < -0.3 is 5.32 Å². The maximum atomic E-state index is 12.7. The fourth-order valence-corrected chi connectivity index (χ4v) is 4.57. The molecule has 0 spiro atoms. The number of hydrogen-bond acceptors (Lipinski definition) is 5. The average Bonchev–Trinajstić information content (AvgIpc) is 3.64. The van der Waals surface area contributed by atoms with Gasteiger partial charge in [-0.1, -0.05) is 19.9 Å². The summed E-state index contributed by atoms with van der Waals surface area (Å²) in [4.78, 5) is 36.5. The van der Waals surface area contributed by atoms with E-state index in [2.05, 4.69) is 16.2 Å². The zero-order chi connectivity index (χ0) is 23.3. The summed E-state index contributed by atoms with van der Waals surface area (Å²) in [6.45, 7) is 4.10. The normalized spacial score (nSPS) is 13.5. The molecule has 0 unspecified atom stereocenters. The predicted molar refractivity (Wildman–Crippen MR) is 119 cm³/mol. The van der Waals surface area contributed by atoms with Crippen LogP contribution in [0.15, 0.2) is 53.4 Å². The highest BCUT2D eigenvalue weighted by Crippen LogP contribution is 2.30. The van der Waals surface area contributed by atoms with Crippen molar-refractivity contribution in [3.63, 3.8) is 0 Å². The maximum absolute atomic E-state index is 12.7. The van der Waals surface area contributed by atoms with Crippen molar-refractivity contribution in [1.82, 2.24) is 15.2 Å². The number of rotatable bonds is 8. The van der Waals surface area contributed by atoms with Gasteiger partial charge in [0, 0.05) is 35.8 Å². The summed E-state index contributed by atoms with van der Waals surface area (Å²) in [6.07, 6.45) is 1.80. The van der Waals surface area contributed by atoms with E-state index in [1.807, 2.05) is 0 Å². The lowest BCUT2D eigenvalue weighted by Crippen LogP contribution is -2.41. The molecule has 3 amide bonds. The lowest BCUT2D eigenvalue weighted by atomic mass is 10.2. The molecule has 0 aromatic heterocycles. The number of hydrogen-bond donors (Lipinski definition) is 3. The van der Waals surface area contributed by atoms with Gasteiger partial charge in [-0.3, -0.25) is 25.2 Å². The van der Waals surface area contributed by atoms with Crippen molar-refractivity contribution in [1.29, 1.82) is 0 Å². The van der Waals surface area contributed by atoms with E-state index in [4.69, 9.17) is 0 Å². The van der Waals surface area contributed by atoms with Gasteiger partial charge in [0.2, 0.25) is 15.9 Å². The third kappa shape index (κ3) is 5.51. The number of carbonyl (C=O) groups excluding carboxylic acids is 3. The molecule has 9 nitrogen and oxygen atoms in total. The van der Waals surface area contributed by atoms with Crippen molar-refractivity contribution < 1.29 is 22.8 Å². The quantitative estimate of drug-likeness (QED) is 0.523. The Hall–Kier alpha value is -3.24. The van der Waals surface area contributed by atoms with Crippen LogP contribution in [0.2, 0.25) is 0 Å². The highest BCUT2D eigenvalue weighted by molar-refractivity contribution is 7.89. The van der Waals surface area contributed by atoms with Gasteiger partial charge in [-0.2, -0.15) is 4.31 Å². The molecule has 1 fully saturated rings. The van der Waals surface area contributed by atoms with Crippen molar-refractivity contribution in [2.24, 2.45) is 5.92 Å². The molecule has 170 valence electrons. The summed E-state index contributed by atoms with van der Waals surface area (Å²) >= 11 is 0. The van der Waals surface area contributed by atoms with E-state index >= 15 is 0 Å². The third-order valence-electron chi connectivity index (χ3n) is 5.09. The van der Waals surface area contributed by atoms with Gasteiger partial charge in [0.15, 0.2) is 0 Å². The summed E-state index contributed by atoms with van der Waals surface area (Å²) in [5.41, 5.74) is 5.56. The van der Waals surface area contributed by atoms with Crippen LogP contribution < -0.4 is 16.2 Å². The van der Waals surface area contributed by atoms with E-state index in [-0.39, 0.29) is 27.8 Å². The topological polar surface area (TPSA) is 125 Å². The zero-order valence-corrected chi connectivity index (χ0v) is 18.7. The summed E-state index contributed by atoms with van der Waals surface area (Å²) < 4.78 is 26.6. The standard InChI is InChI=1S/C22H26N4O5S/c1-3-26(4-2)32(30,31)19-7-5-6-17(14-19)22(29)25-24-21(28)16-10-12-18(13-11-16)23-20(27)15-8-9-15/h5-7,10-15H,3-4,8-9H2,1-2H3,(H,23,27)(H,24,28)(H,25,29). The molecule has 1 saturated carbocycles. The summed E-state index contributed by atoms with van der Waals surface area (Å²) in [6, 6.07) is 11.9. The van der Waals surface area contributed by atoms with Crippen molar-refractivity contribution in [2.75, 3.05) is 18.4 Å². The second kappa shape index (κ2) is 9.92. The van der Waals surface area contributed by atoms with Gasteiger partial charge >= 0.3 is 0 Å². The van der Waals surface area contributed by atoms with Crippen LogP contribution in [-0.4, -0.2) is 43.5 Å². The molecule has 2 aromatic carbocycles. The minimum Gasteiger partial charge on any atom is -0.326 e. The Morgan fingerprint density at radius 1 is 0.906 bits per heavy atom. The van der Waals surface area contributed by atoms with Crippen molar-refractivity contribution in [2.45, 2.75) is 31.6 Å². The second-order valence-corrected chi connectivity index (χ2v) is 9.30. The summed E-state index contributed by atoms with van der Waals surface area (Å²) in [7, 11) is -3.71. The molecular weight excluding hydrogens is 432 g/mol. The zero-order valence-electron chi connectivity index (χ0n) is 17.9. The lowest BCUT2D eigenvalue weighted by Gasteiger charge is -2.18. The van der Waals surface area contributed by atoms with Gasteiger partial charge in [0.1, 0.15) is 0 Å². The highest BCUT2D eigenvalue weighted by atomic mass is 32.2. The second-order valence-electron chi connectivity index (χ2n) is 7.37. The first-order chi connectivity index (χ1) is 15.3. The molecule has 1 aliphatic carbocycles. The highest BCUT2D eigenvalue weighted by Gasteiger charge is 2.29. The van der Waals surface area contributed by atoms with Crippen molar-refractivity contribution >= 4 is 33.4 Å². The van der Waals surface area contributed by atoms with E-state index < -0.39 is 21.8 Å². The van der Waals surface area contributed by atoms with Gasteiger partial charge in [-0.15, -0.1) is 0 Å². The number of nitrogens with one attached hydrogen (secondary N) is 3. The van der Waals surface area contributed by atoms with Crippen LogP contribution in [0.25, 0.3) is 0 Å². The molecule has 32 heavy (non-hydrogen) atoms. The van der Waals surface area contributed by atoms with Crippen molar-refractivity contribution in [3.8, 4) is 0 Å². The number of benzene rings is 2. The Morgan fingerprint density at radius 2 is 1.50 bits per heavy atom. The molecule has 0 bridgehead atoms. The molecule has 2 aromatic rings. The van der Waals surface area contributed by atoms with Gasteiger partial charge in [0.05, 0.1) is 4.90 Å². The van der Waals surface area contributed by atoms with E-state index in [9.17, 15) is 22.8 Å². The first-order valence-electron chi connectivity index (χ1n) is 10.4. The monoisotopic (exact) mass is 458 g/mol. The van der Waals surface area contributed by atoms with Crippen molar-refractivity contribution in [3.05, 3.63) is 59.7 Å². The number of sulfonamides is 1. The number of hydrazine groups is 1. The van der Waals surface area contributed by atoms with E-state index in [0.717, 1.165) is 12.8 Å². The number of nitrogens with zero attached hydrogens (tertiary/aromatic N) is 1. The fourth-order valence-electron chi connectivity index (χ4n) is 3.06. The summed E-state index contributed by atoms with van der Waals surface area (Å²) in [5, 5.41) is 2.78. The molecule has 3 N–H and O–H groups in total. The maximum Gasteiger partial charge on any atom is 0.269 e. The molecule has 0 heterocycles. The SMILES string of the molecule is CCN(CC)S(=O)(=O)c1cccc(C(=O)NNC(=O)c2ccc(NC(=O)C3CC3)cc2)c1. The minimum atomic E-state index is -3.71. The van der Waals surface area contributed by atoms with Crippen LogP contribution >= 0.6 is 0 Å². The first kappa shape index (κ1) is 23.4. The smallest absolute Gasteiger partial charge is 0.269 e. The van der Waals surface area contributed by atoms with E-state index in [1.54, 1.807) is 26.0 Å². The Bertz CT molecular complexity index is 1110. The van der Waals surface area contributed by atoms with Gasteiger partial charge in [-0.25, -0.2) is 8.42 Å². The largest absolute Gasteiger partial charge is 0.326 e. The Kier molecular flexibility index (Phi) is 7.26.